The Balaban J connectivity index is 1.66. The fourth-order valence-electron chi connectivity index (χ4n) is 2.03. The molecule has 0 aliphatic heterocycles. The lowest BCUT2D eigenvalue weighted by atomic mass is 10.2. The summed E-state index contributed by atoms with van der Waals surface area (Å²) in [5.74, 6) is 0.0158. The number of hydrogen-bond acceptors (Lipinski definition) is 7. The number of ether oxygens (including phenoxy) is 2. The van der Waals surface area contributed by atoms with Crippen LogP contribution in [0, 0.1) is 0 Å². The van der Waals surface area contributed by atoms with E-state index in [1.54, 1.807) is 6.07 Å². The lowest BCUT2D eigenvalue weighted by Gasteiger charge is -2.06. The molecule has 0 atom stereocenters. The highest BCUT2D eigenvalue weighted by Crippen LogP contribution is 2.24. The highest BCUT2D eigenvalue weighted by atomic mass is 16.5. The standard InChI is InChI=1S/C17H14N2O5/c1-22-12-7-8-13(14(20)9-12)17(21)23-10-15-18-19-16(24-15)11-5-3-2-4-6-11/h2-9,20H,10H2,1H3. The minimum atomic E-state index is -0.699. The molecule has 0 amide bonds. The van der Waals surface area contributed by atoms with Crippen molar-refractivity contribution in [2.24, 2.45) is 0 Å². The molecule has 1 heterocycles. The first kappa shape index (κ1) is 15.5. The first-order chi connectivity index (χ1) is 11.7. The highest BCUT2D eigenvalue weighted by molar-refractivity contribution is 5.92. The van der Waals surface area contributed by atoms with E-state index in [1.807, 2.05) is 30.3 Å². The van der Waals surface area contributed by atoms with Gasteiger partial charge in [0.05, 0.1) is 7.11 Å². The van der Waals surface area contributed by atoms with Gasteiger partial charge in [0.2, 0.25) is 5.89 Å². The van der Waals surface area contributed by atoms with Crippen LogP contribution in [0.5, 0.6) is 11.5 Å². The number of hydrogen-bond donors (Lipinski definition) is 1. The van der Waals surface area contributed by atoms with Crippen molar-refractivity contribution in [1.82, 2.24) is 10.2 Å². The molecule has 3 aromatic rings. The molecule has 2 aromatic carbocycles. The van der Waals surface area contributed by atoms with Crippen LogP contribution in [0.25, 0.3) is 11.5 Å². The number of nitrogens with zero attached hydrogens (tertiary/aromatic N) is 2. The maximum absolute atomic E-state index is 12.0. The molecule has 7 nitrogen and oxygen atoms in total. The van der Waals surface area contributed by atoms with E-state index >= 15 is 0 Å². The number of methoxy groups -OCH3 is 1. The van der Waals surface area contributed by atoms with Crippen molar-refractivity contribution >= 4 is 5.97 Å². The van der Waals surface area contributed by atoms with Crippen molar-refractivity contribution in [3.63, 3.8) is 0 Å². The molecule has 0 aliphatic rings. The zero-order valence-corrected chi connectivity index (χ0v) is 12.8. The minimum absolute atomic E-state index is 0.0265. The van der Waals surface area contributed by atoms with Crippen LogP contribution in [0.2, 0.25) is 0 Å². The Morgan fingerprint density at radius 1 is 1.17 bits per heavy atom. The molecule has 0 spiro atoms. The van der Waals surface area contributed by atoms with Crippen LogP contribution < -0.4 is 4.74 Å². The van der Waals surface area contributed by atoms with Gasteiger partial charge in [-0.15, -0.1) is 10.2 Å². The Bertz CT molecular complexity index is 845. The molecule has 0 aliphatic carbocycles. The quantitative estimate of drug-likeness (QED) is 0.720. The maximum Gasteiger partial charge on any atom is 0.342 e. The fraction of sp³-hybridized carbons (Fsp3) is 0.118. The van der Waals surface area contributed by atoms with Crippen molar-refractivity contribution in [3.05, 3.63) is 60.0 Å². The predicted octanol–water partition coefficient (Wildman–Crippen LogP) is 2.81. The summed E-state index contributed by atoms with van der Waals surface area (Å²) in [4.78, 5) is 12.0. The largest absolute Gasteiger partial charge is 0.507 e. The molecule has 122 valence electrons. The molecule has 1 N–H and O–H groups in total. The van der Waals surface area contributed by atoms with Crippen LogP contribution in [0.4, 0.5) is 0 Å². The van der Waals surface area contributed by atoms with Gasteiger partial charge in [-0.05, 0) is 24.3 Å². The van der Waals surface area contributed by atoms with Gasteiger partial charge in [-0.3, -0.25) is 0 Å². The molecule has 7 heteroatoms. The summed E-state index contributed by atoms with van der Waals surface area (Å²) in [7, 11) is 1.46. The van der Waals surface area contributed by atoms with Crippen molar-refractivity contribution in [3.8, 4) is 23.0 Å². The molecule has 1 aromatic heterocycles. The third-order valence-electron chi connectivity index (χ3n) is 3.24. The van der Waals surface area contributed by atoms with Crippen molar-refractivity contribution in [1.29, 1.82) is 0 Å². The number of benzene rings is 2. The molecular formula is C17H14N2O5. The average molecular weight is 326 g/mol. The molecule has 0 radical (unpaired) electrons. The van der Waals surface area contributed by atoms with Gasteiger partial charge in [0, 0.05) is 11.6 Å². The summed E-state index contributed by atoms with van der Waals surface area (Å²) >= 11 is 0. The molecule has 0 fully saturated rings. The van der Waals surface area contributed by atoms with E-state index in [-0.39, 0.29) is 23.8 Å². The topological polar surface area (TPSA) is 94.7 Å². The van der Waals surface area contributed by atoms with E-state index in [4.69, 9.17) is 13.9 Å². The number of rotatable bonds is 5. The third kappa shape index (κ3) is 3.35. The van der Waals surface area contributed by atoms with Crippen molar-refractivity contribution in [2.75, 3.05) is 7.11 Å². The van der Waals surface area contributed by atoms with Crippen molar-refractivity contribution in [2.45, 2.75) is 6.61 Å². The van der Waals surface area contributed by atoms with Crippen molar-refractivity contribution < 1.29 is 23.8 Å². The number of carbonyl (C=O) groups is 1. The summed E-state index contributed by atoms with van der Waals surface area (Å²) in [6.45, 7) is -0.190. The van der Waals surface area contributed by atoms with E-state index in [2.05, 4.69) is 10.2 Å². The van der Waals surface area contributed by atoms with Gasteiger partial charge >= 0.3 is 5.97 Å². The van der Waals surface area contributed by atoms with Crippen LogP contribution >= 0.6 is 0 Å². The van der Waals surface area contributed by atoms with Gasteiger partial charge in [-0.1, -0.05) is 18.2 Å². The Kier molecular flexibility index (Phi) is 4.42. The second-order valence-electron chi connectivity index (χ2n) is 4.83. The zero-order chi connectivity index (χ0) is 16.9. The third-order valence-corrected chi connectivity index (χ3v) is 3.24. The summed E-state index contributed by atoms with van der Waals surface area (Å²) in [5, 5.41) is 17.5. The molecule has 3 rings (SSSR count). The first-order valence-corrected chi connectivity index (χ1v) is 7.09. The summed E-state index contributed by atoms with van der Waals surface area (Å²) in [6, 6.07) is 13.5. The van der Waals surface area contributed by atoms with E-state index in [0.717, 1.165) is 5.56 Å². The number of carbonyl (C=O) groups excluding carboxylic acids is 1. The Hall–Kier alpha value is -3.35. The number of phenols is 1. The lowest BCUT2D eigenvalue weighted by Crippen LogP contribution is -2.06. The lowest BCUT2D eigenvalue weighted by molar-refractivity contribution is 0.0435. The van der Waals surface area contributed by atoms with Crippen LogP contribution in [0.15, 0.2) is 52.9 Å². The number of phenolic OH excluding ortho intramolecular Hbond substituents is 1. The van der Waals surface area contributed by atoms with Crippen LogP contribution in [0.1, 0.15) is 16.2 Å². The van der Waals surface area contributed by atoms with Gasteiger partial charge in [0.15, 0.2) is 6.61 Å². The minimum Gasteiger partial charge on any atom is -0.507 e. The molecule has 0 bridgehead atoms. The van der Waals surface area contributed by atoms with Gasteiger partial charge in [-0.2, -0.15) is 0 Å². The monoisotopic (exact) mass is 326 g/mol. The van der Waals surface area contributed by atoms with Gasteiger partial charge in [0.25, 0.3) is 5.89 Å². The molecule has 0 saturated heterocycles. The Morgan fingerprint density at radius 2 is 1.96 bits per heavy atom. The maximum atomic E-state index is 12.0. The predicted molar refractivity (Wildman–Crippen MR) is 83.5 cm³/mol. The van der Waals surface area contributed by atoms with E-state index in [0.29, 0.717) is 11.6 Å². The fourth-order valence-corrected chi connectivity index (χ4v) is 2.03. The van der Waals surface area contributed by atoms with Crippen LogP contribution in [-0.4, -0.2) is 28.4 Å². The number of aromatic hydroxyl groups is 1. The second-order valence-corrected chi connectivity index (χ2v) is 4.83. The summed E-state index contributed by atoms with van der Waals surface area (Å²) < 4.78 is 15.5. The molecule has 0 unspecified atom stereocenters. The number of aromatic nitrogens is 2. The average Bonchev–Trinajstić information content (AvgIpc) is 3.09. The Labute approximate surface area is 137 Å². The van der Waals surface area contributed by atoms with Crippen LogP contribution in [0.3, 0.4) is 0 Å². The van der Waals surface area contributed by atoms with Gasteiger partial charge < -0.3 is 19.0 Å². The first-order valence-electron chi connectivity index (χ1n) is 7.09. The highest BCUT2D eigenvalue weighted by Gasteiger charge is 2.16. The van der Waals surface area contributed by atoms with E-state index in [1.165, 1.54) is 19.2 Å². The van der Waals surface area contributed by atoms with Crippen LogP contribution in [-0.2, 0) is 11.3 Å². The summed E-state index contributed by atoms with van der Waals surface area (Å²) in [5.41, 5.74) is 0.800. The molecular weight excluding hydrogens is 312 g/mol. The van der Waals surface area contributed by atoms with Gasteiger partial charge in [-0.25, -0.2) is 4.79 Å². The Morgan fingerprint density at radius 3 is 2.67 bits per heavy atom. The number of esters is 1. The zero-order valence-electron chi connectivity index (χ0n) is 12.8. The van der Waals surface area contributed by atoms with E-state index in [9.17, 15) is 9.90 Å². The SMILES string of the molecule is COc1ccc(C(=O)OCc2nnc(-c3ccccc3)o2)c(O)c1. The molecule has 0 saturated carbocycles. The summed E-state index contributed by atoms with van der Waals surface area (Å²) in [6.07, 6.45) is 0. The normalized spacial score (nSPS) is 10.4. The second kappa shape index (κ2) is 6.82. The van der Waals surface area contributed by atoms with Gasteiger partial charge in [0.1, 0.15) is 17.1 Å². The smallest absolute Gasteiger partial charge is 0.342 e. The van der Waals surface area contributed by atoms with E-state index < -0.39 is 5.97 Å². The molecule has 24 heavy (non-hydrogen) atoms.